The Balaban J connectivity index is 1.87. The lowest BCUT2D eigenvalue weighted by Gasteiger charge is -2.32. The fourth-order valence-corrected chi connectivity index (χ4v) is 3.54. The van der Waals surface area contributed by atoms with Crippen LogP contribution in [0.15, 0.2) is 72.8 Å². The Morgan fingerprint density at radius 2 is 1.33 bits per heavy atom. The number of amides is 1. The monoisotopic (exact) mass is 358 g/mol. The topological polar surface area (TPSA) is 32.8 Å². The van der Waals surface area contributed by atoms with Gasteiger partial charge in [0.2, 0.25) is 0 Å². The SMILES string of the molecule is CCN(CC)c1ccccc1C(=O)N1c2ccccc2Oc2ccccc21. The van der Waals surface area contributed by atoms with E-state index in [4.69, 9.17) is 4.74 Å². The maximum Gasteiger partial charge on any atom is 0.265 e. The van der Waals surface area contributed by atoms with Crippen LogP contribution in [-0.4, -0.2) is 19.0 Å². The predicted octanol–water partition coefficient (Wildman–Crippen LogP) is 5.62. The molecule has 0 fully saturated rings. The number of nitrogens with zero attached hydrogens (tertiary/aromatic N) is 2. The Morgan fingerprint density at radius 3 is 1.93 bits per heavy atom. The van der Waals surface area contributed by atoms with E-state index in [0.717, 1.165) is 30.2 Å². The molecule has 1 amide bonds. The third kappa shape index (κ3) is 2.93. The standard InChI is InChI=1S/C23H22N2O2/c1-3-24(4-2)18-12-6-5-11-17(18)23(26)25-19-13-7-9-15-21(19)27-22-16-10-8-14-20(22)25/h5-16H,3-4H2,1-2H3. The van der Waals surface area contributed by atoms with E-state index in [1.807, 2.05) is 72.8 Å². The minimum absolute atomic E-state index is 0.0549. The Morgan fingerprint density at radius 1 is 0.815 bits per heavy atom. The molecule has 4 nitrogen and oxygen atoms in total. The van der Waals surface area contributed by atoms with Gasteiger partial charge in [-0.05, 0) is 50.2 Å². The van der Waals surface area contributed by atoms with Gasteiger partial charge in [-0.3, -0.25) is 9.69 Å². The van der Waals surface area contributed by atoms with Crippen LogP contribution in [0.25, 0.3) is 0 Å². The number of carbonyl (C=O) groups excluding carboxylic acids is 1. The van der Waals surface area contributed by atoms with Gasteiger partial charge in [-0.15, -0.1) is 0 Å². The fourth-order valence-electron chi connectivity index (χ4n) is 3.54. The van der Waals surface area contributed by atoms with Crippen molar-refractivity contribution >= 4 is 23.0 Å². The van der Waals surface area contributed by atoms with Gasteiger partial charge in [0, 0.05) is 18.8 Å². The highest BCUT2D eigenvalue weighted by Gasteiger charge is 2.31. The van der Waals surface area contributed by atoms with Gasteiger partial charge in [-0.25, -0.2) is 0 Å². The summed E-state index contributed by atoms with van der Waals surface area (Å²) in [6, 6.07) is 23.1. The summed E-state index contributed by atoms with van der Waals surface area (Å²) in [7, 11) is 0. The zero-order chi connectivity index (χ0) is 18.8. The van der Waals surface area contributed by atoms with Crippen molar-refractivity contribution in [1.82, 2.24) is 0 Å². The lowest BCUT2D eigenvalue weighted by Crippen LogP contribution is -2.31. The van der Waals surface area contributed by atoms with Crippen LogP contribution in [0.3, 0.4) is 0 Å². The number of para-hydroxylation sites is 5. The number of hydrogen-bond donors (Lipinski definition) is 0. The summed E-state index contributed by atoms with van der Waals surface area (Å²) in [5, 5.41) is 0. The van der Waals surface area contributed by atoms with Crippen LogP contribution in [0.5, 0.6) is 11.5 Å². The van der Waals surface area contributed by atoms with Crippen LogP contribution in [0, 0.1) is 0 Å². The number of ether oxygens (including phenoxy) is 1. The summed E-state index contributed by atoms with van der Waals surface area (Å²) in [6.45, 7) is 5.89. The third-order valence-corrected chi connectivity index (χ3v) is 4.87. The van der Waals surface area contributed by atoms with Crippen LogP contribution in [0.1, 0.15) is 24.2 Å². The molecule has 0 bridgehead atoms. The van der Waals surface area contributed by atoms with Crippen LogP contribution in [0.2, 0.25) is 0 Å². The molecule has 1 aliphatic rings. The van der Waals surface area contributed by atoms with Crippen LogP contribution in [-0.2, 0) is 0 Å². The van der Waals surface area contributed by atoms with Gasteiger partial charge in [0.1, 0.15) is 0 Å². The number of anilines is 3. The molecule has 0 aromatic heterocycles. The second-order valence-electron chi connectivity index (χ2n) is 6.37. The number of rotatable bonds is 4. The molecule has 1 heterocycles. The van der Waals surface area contributed by atoms with Crippen molar-refractivity contribution in [2.24, 2.45) is 0 Å². The molecular formula is C23H22N2O2. The first kappa shape index (κ1) is 17.2. The molecule has 136 valence electrons. The smallest absolute Gasteiger partial charge is 0.265 e. The second kappa shape index (κ2) is 7.16. The van der Waals surface area contributed by atoms with Gasteiger partial charge in [0.05, 0.1) is 16.9 Å². The number of carbonyl (C=O) groups is 1. The Bertz CT molecular complexity index is 934. The quantitative estimate of drug-likeness (QED) is 0.607. The molecule has 0 unspecified atom stereocenters. The van der Waals surface area contributed by atoms with E-state index in [1.165, 1.54) is 0 Å². The average Bonchev–Trinajstić information content (AvgIpc) is 2.73. The summed E-state index contributed by atoms with van der Waals surface area (Å²) < 4.78 is 6.01. The van der Waals surface area contributed by atoms with Crippen LogP contribution in [0.4, 0.5) is 17.1 Å². The summed E-state index contributed by atoms with van der Waals surface area (Å²) in [6.07, 6.45) is 0. The van der Waals surface area contributed by atoms with E-state index in [1.54, 1.807) is 4.90 Å². The summed E-state index contributed by atoms with van der Waals surface area (Å²) in [5.41, 5.74) is 3.16. The minimum Gasteiger partial charge on any atom is -0.453 e. The van der Waals surface area contributed by atoms with Gasteiger partial charge in [-0.1, -0.05) is 36.4 Å². The van der Waals surface area contributed by atoms with E-state index in [2.05, 4.69) is 18.7 Å². The lowest BCUT2D eigenvalue weighted by atomic mass is 10.1. The van der Waals surface area contributed by atoms with Crippen molar-refractivity contribution in [2.75, 3.05) is 22.9 Å². The minimum atomic E-state index is -0.0549. The maximum absolute atomic E-state index is 13.7. The van der Waals surface area contributed by atoms with Gasteiger partial charge < -0.3 is 9.64 Å². The predicted molar refractivity (Wildman–Crippen MR) is 109 cm³/mol. The highest BCUT2D eigenvalue weighted by molar-refractivity contribution is 6.15. The molecule has 27 heavy (non-hydrogen) atoms. The highest BCUT2D eigenvalue weighted by atomic mass is 16.5. The zero-order valence-electron chi connectivity index (χ0n) is 15.6. The molecular weight excluding hydrogens is 336 g/mol. The molecule has 1 aliphatic heterocycles. The van der Waals surface area contributed by atoms with Crippen molar-refractivity contribution in [2.45, 2.75) is 13.8 Å². The van der Waals surface area contributed by atoms with Crippen LogP contribution < -0.4 is 14.5 Å². The normalized spacial score (nSPS) is 12.0. The number of hydrogen-bond acceptors (Lipinski definition) is 3. The Hall–Kier alpha value is -3.27. The summed E-state index contributed by atoms with van der Waals surface area (Å²) >= 11 is 0. The van der Waals surface area contributed by atoms with E-state index in [0.29, 0.717) is 17.1 Å². The van der Waals surface area contributed by atoms with E-state index in [-0.39, 0.29) is 5.91 Å². The highest BCUT2D eigenvalue weighted by Crippen LogP contribution is 2.47. The molecule has 0 atom stereocenters. The first-order valence-corrected chi connectivity index (χ1v) is 9.29. The lowest BCUT2D eigenvalue weighted by molar-refractivity contribution is 0.0997. The Labute approximate surface area is 159 Å². The molecule has 0 saturated heterocycles. The molecule has 4 heteroatoms. The van der Waals surface area contributed by atoms with Gasteiger partial charge in [0.15, 0.2) is 11.5 Å². The van der Waals surface area contributed by atoms with Gasteiger partial charge >= 0.3 is 0 Å². The van der Waals surface area contributed by atoms with Gasteiger partial charge in [0.25, 0.3) is 5.91 Å². The first-order valence-electron chi connectivity index (χ1n) is 9.29. The summed E-state index contributed by atoms with van der Waals surface area (Å²) in [4.78, 5) is 17.7. The average molecular weight is 358 g/mol. The molecule has 0 radical (unpaired) electrons. The Kier molecular flexibility index (Phi) is 4.55. The molecule has 0 saturated carbocycles. The van der Waals surface area contributed by atoms with Crippen molar-refractivity contribution < 1.29 is 9.53 Å². The molecule has 0 spiro atoms. The molecule has 4 rings (SSSR count). The maximum atomic E-state index is 13.7. The molecule has 0 aliphatic carbocycles. The number of fused-ring (bicyclic) bond motifs is 2. The fraction of sp³-hybridized carbons (Fsp3) is 0.174. The second-order valence-corrected chi connectivity index (χ2v) is 6.37. The number of benzene rings is 3. The van der Waals surface area contributed by atoms with Crippen LogP contribution >= 0.6 is 0 Å². The van der Waals surface area contributed by atoms with Gasteiger partial charge in [-0.2, -0.15) is 0 Å². The van der Waals surface area contributed by atoms with E-state index in [9.17, 15) is 4.79 Å². The molecule has 3 aromatic carbocycles. The third-order valence-electron chi connectivity index (χ3n) is 4.87. The van der Waals surface area contributed by atoms with Crippen molar-refractivity contribution in [3.63, 3.8) is 0 Å². The first-order chi connectivity index (χ1) is 13.2. The van der Waals surface area contributed by atoms with Crippen molar-refractivity contribution in [3.8, 4) is 11.5 Å². The molecule has 0 N–H and O–H groups in total. The molecule has 3 aromatic rings. The van der Waals surface area contributed by atoms with Crippen molar-refractivity contribution in [3.05, 3.63) is 78.4 Å². The van der Waals surface area contributed by atoms with E-state index >= 15 is 0 Å². The van der Waals surface area contributed by atoms with E-state index < -0.39 is 0 Å². The summed E-state index contributed by atoms with van der Waals surface area (Å²) in [5.74, 6) is 1.32. The van der Waals surface area contributed by atoms with Crippen molar-refractivity contribution in [1.29, 1.82) is 0 Å². The largest absolute Gasteiger partial charge is 0.453 e. The zero-order valence-corrected chi connectivity index (χ0v) is 15.6.